The van der Waals surface area contributed by atoms with E-state index in [9.17, 15) is 0 Å². The molecule has 3 aliphatic rings. The highest BCUT2D eigenvalue weighted by molar-refractivity contribution is 5.76. The van der Waals surface area contributed by atoms with Gasteiger partial charge in [0.2, 0.25) is 5.69 Å². The summed E-state index contributed by atoms with van der Waals surface area (Å²) in [6, 6.07) is 27.9. The van der Waals surface area contributed by atoms with Gasteiger partial charge in [-0.05, 0) is 90.6 Å². The van der Waals surface area contributed by atoms with Crippen LogP contribution >= 0.6 is 0 Å². The maximum absolute atomic E-state index is 2.56. The average Bonchev–Trinajstić information content (AvgIpc) is 3.74. The van der Waals surface area contributed by atoms with Crippen LogP contribution in [0.5, 0.6) is 0 Å². The van der Waals surface area contributed by atoms with E-state index in [0.717, 1.165) is 0 Å². The normalized spacial score (nSPS) is 18.2. The Morgan fingerprint density at radius 1 is 0.606 bits per heavy atom. The van der Waals surface area contributed by atoms with E-state index in [1.54, 1.807) is 22.3 Å². The minimum absolute atomic E-state index is 0.252. The number of rotatable bonds is 2. The molecule has 0 radical (unpaired) electrons. The molecular formula is C32H30N+. The number of aromatic nitrogens is 1. The quantitative estimate of drug-likeness (QED) is 0.305. The highest BCUT2D eigenvalue weighted by Crippen LogP contribution is 2.68. The van der Waals surface area contributed by atoms with Crippen molar-refractivity contribution in [2.75, 3.05) is 0 Å². The summed E-state index contributed by atoms with van der Waals surface area (Å²) in [5.41, 5.74) is 14.9. The van der Waals surface area contributed by atoms with Gasteiger partial charge in [-0.2, -0.15) is 0 Å². The Labute approximate surface area is 196 Å². The molecule has 0 amide bonds. The summed E-state index contributed by atoms with van der Waals surface area (Å²) in [4.78, 5) is 0. The fourth-order valence-electron chi connectivity index (χ4n) is 6.68. The van der Waals surface area contributed by atoms with E-state index < -0.39 is 0 Å². The van der Waals surface area contributed by atoms with Gasteiger partial charge in [0.15, 0.2) is 6.20 Å². The van der Waals surface area contributed by atoms with Gasteiger partial charge < -0.3 is 0 Å². The van der Waals surface area contributed by atoms with Crippen LogP contribution in [0.25, 0.3) is 22.4 Å². The third-order valence-electron chi connectivity index (χ3n) is 8.71. The summed E-state index contributed by atoms with van der Waals surface area (Å²) in [5, 5.41) is 0. The molecule has 1 heteroatoms. The number of nitrogens with zero attached hydrogens (tertiary/aromatic N) is 1. The molecule has 0 saturated heterocycles. The van der Waals surface area contributed by atoms with Crippen molar-refractivity contribution in [3.05, 3.63) is 112 Å². The molecule has 7 rings (SSSR count). The van der Waals surface area contributed by atoms with E-state index in [-0.39, 0.29) is 10.8 Å². The molecule has 4 aromatic rings. The van der Waals surface area contributed by atoms with E-state index in [0.29, 0.717) is 0 Å². The third kappa shape index (κ3) is 2.57. The van der Waals surface area contributed by atoms with Crippen molar-refractivity contribution in [2.24, 2.45) is 7.05 Å². The first-order valence-corrected chi connectivity index (χ1v) is 12.4. The monoisotopic (exact) mass is 428 g/mol. The zero-order valence-electron chi connectivity index (χ0n) is 19.8. The van der Waals surface area contributed by atoms with Crippen LogP contribution in [0, 0.1) is 13.8 Å². The van der Waals surface area contributed by atoms with E-state index in [1.165, 1.54) is 59.2 Å². The van der Waals surface area contributed by atoms with Crippen molar-refractivity contribution in [3.8, 4) is 22.4 Å². The Kier molecular flexibility index (Phi) is 3.77. The molecule has 33 heavy (non-hydrogen) atoms. The lowest BCUT2D eigenvalue weighted by Crippen LogP contribution is -2.31. The van der Waals surface area contributed by atoms with Gasteiger partial charge in [-0.25, -0.2) is 4.57 Å². The number of pyridine rings is 1. The molecule has 0 atom stereocenters. The molecular weight excluding hydrogens is 398 g/mol. The third-order valence-corrected chi connectivity index (χ3v) is 8.71. The summed E-state index contributed by atoms with van der Waals surface area (Å²) in [7, 11) is 2.17. The molecule has 1 nitrogen and oxygen atoms in total. The van der Waals surface area contributed by atoms with Gasteiger partial charge in [0, 0.05) is 28.0 Å². The van der Waals surface area contributed by atoms with Crippen molar-refractivity contribution in [3.63, 3.8) is 0 Å². The molecule has 0 aliphatic heterocycles. The number of aryl methyl sites for hydroxylation is 3. The highest BCUT2D eigenvalue weighted by Gasteiger charge is 2.59. The van der Waals surface area contributed by atoms with Crippen molar-refractivity contribution >= 4 is 0 Å². The maximum atomic E-state index is 2.56. The Hall–Kier alpha value is -3.19. The Balaban J connectivity index is 1.42. The van der Waals surface area contributed by atoms with Crippen LogP contribution in [-0.4, -0.2) is 0 Å². The van der Waals surface area contributed by atoms with E-state index >= 15 is 0 Å². The standard InChI is InChI=1S/C32H30N/c1-21-8-4-5-9-24(21)30-19-25(22(2)20-33(30)3)23-12-13-28-29(18-23)32(16-17-32)27-11-7-6-10-26(27)31(28)14-15-31/h4-13,18-20H,14-17H2,1-3H3/q+1. The SMILES string of the molecule is Cc1c[n+](C)c(-c2ccccc2C)cc1-c1ccc2c(c1)C1(CC1)c1ccccc1C21CC1. The highest BCUT2D eigenvalue weighted by atomic mass is 14.9. The van der Waals surface area contributed by atoms with E-state index in [1.807, 2.05) is 0 Å². The molecule has 2 fully saturated rings. The molecule has 0 unspecified atom stereocenters. The average molecular weight is 429 g/mol. The lowest BCUT2D eigenvalue weighted by Gasteiger charge is -2.35. The molecule has 0 N–H and O–H groups in total. The van der Waals surface area contributed by atoms with Gasteiger partial charge in [-0.3, -0.25) is 0 Å². The topological polar surface area (TPSA) is 3.88 Å². The van der Waals surface area contributed by atoms with Crippen LogP contribution in [-0.2, 0) is 17.9 Å². The van der Waals surface area contributed by atoms with Gasteiger partial charge in [0.25, 0.3) is 0 Å². The Morgan fingerprint density at radius 2 is 1.21 bits per heavy atom. The minimum atomic E-state index is 0.252. The maximum Gasteiger partial charge on any atom is 0.213 e. The zero-order chi connectivity index (χ0) is 22.4. The Bertz CT molecular complexity index is 1450. The van der Waals surface area contributed by atoms with Crippen LogP contribution in [0.1, 0.15) is 59.1 Å². The fourth-order valence-corrected chi connectivity index (χ4v) is 6.68. The molecule has 2 saturated carbocycles. The van der Waals surface area contributed by atoms with Gasteiger partial charge in [0.1, 0.15) is 7.05 Å². The Morgan fingerprint density at radius 3 is 1.88 bits per heavy atom. The molecule has 1 heterocycles. The van der Waals surface area contributed by atoms with Crippen molar-refractivity contribution < 1.29 is 4.57 Å². The summed E-state index contributed by atoms with van der Waals surface area (Å²) < 4.78 is 2.28. The van der Waals surface area contributed by atoms with Crippen LogP contribution in [0.15, 0.2) is 79.0 Å². The first kappa shape index (κ1) is 19.3. The summed E-state index contributed by atoms with van der Waals surface area (Å²) in [6.07, 6.45) is 7.46. The zero-order valence-corrected chi connectivity index (χ0v) is 19.8. The number of benzene rings is 3. The lowest BCUT2D eigenvalue weighted by atomic mass is 9.68. The van der Waals surface area contributed by atoms with Gasteiger partial charge in [-0.15, -0.1) is 0 Å². The number of hydrogen-bond acceptors (Lipinski definition) is 0. The smallest absolute Gasteiger partial charge is 0.201 e. The largest absolute Gasteiger partial charge is 0.213 e. The lowest BCUT2D eigenvalue weighted by molar-refractivity contribution is -0.660. The van der Waals surface area contributed by atoms with Crippen LogP contribution < -0.4 is 4.57 Å². The second-order valence-corrected chi connectivity index (χ2v) is 10.7. The fraction of sp³-hybridized carbons (Fsp3) is 0.281. The van der Waals surface area contributed by atoms with Crippen molar-refractivity contribution in [2.45, 2.75) is 50.4 Å². The second kappa shape index (κ2) is 6.44. The number of hydrogen-bond donors (Lipinski definition) is 0. The second-order valence-electron chi connectivity index (χ2n) is 10.7. The van der Waals surface area contributed by atoms with Gasteiger partial charge >= 0.3 is 0 Å². The molecule has 1 aromatic heterocycles. The molecule has 162 valence electrons. The van der Waals surface area contributed by atoms with Crippen LogP contribution in [0.2, 0.25) is 0 Å². The van der Waals surface area contributed by atoms with Gasteiger partial charge in [-0.1, -0.05) is 54.6 Å². The van der Waals surface area contributed by atoms with Crippen molar-refractivity contribution in [1.82, 2.24) is 0 Å². The minimum Gasteiger partial charge on any atom is -0.201 e. The first-order chi connectivity index (χ1) is 16.0. The molecule has 3 aliphatic carbocycles. The van der Waals surface area contributed by atoms with Crippen LogP contribution in [0.4, 0.5) is 0 Å². The first-order valence-electron chi connectivity index (χ1n) is 12.4. The van der Waals surface area contributed by atoms with E-state index in [4.69, 9.17) is 0 Å². The predicted octanol–water partition coefficient (Wildman–Crippen LogP) is 6.94. The summed E-state index contributed by atoms with van der Waals surface area (Å²) in [6.45, 7) is 4.46. The van der Waals surface area contributed by atoms with E-state index in [2.05, 4.69) is 104 Å². The summed E-state index contributed by atoms with van der Waals surface area (Å²) >= 11 is 0. The molecule has 0 bridgehead atoms. The van der Waals surface area contributed by atoms with Gasteiger partial charge in [0.05, 0.1) is 0 Å². The molecule has 2 spiro atoms. The summed E-state index contributed by atoms with van der Waals surface area (Å²) in [5.74, 6) is 0. The molecule has 3 aromatic carbocycles. The van der Waals surface area contributed by atoms with Crippen molar-refractivity contribution in [1.29, 1.82) is 0 Å². The predicted molar refractivity (Wildman–Crippen MR) is 134 cm³/mol. The van der Waals surface area contributed by atoms with Crippen LogP contribution in [0.3, 0.4) is 0 Å². The number of fused-ring (bicyclic) bond motifs is 6.